The molecule has 1 rings (SSSR count). The van der Waals surface area contributed by atoms with E-state index < -0.39 is 0 Å². The Morgan fingerprint density at radius 2 is 2.29 bits per heavy atom. The van der Waals surface area contributed by atoms with E-state index in [1.807, 2.05) is 6.92 Å². The maximum atomic E-state index is 5.61. The largest absolute Gasteiger partial charge is 0.375 e. The minimum Gasteiger partial charge on any atom is -0.375 e. The van der Waals surface area contributed by atoms with Gasteiger partial charge in [-0.05, 0) is 40.2 Å². The Morgan fingerprint density at radius 3 is 2.86 bits per heavy atom. The molecule has 0 aromatic rings. The van der Waals surface area contributed by atoms with Gasteiger partial charge in [-0.3, -0.25) is 0 Å². The lowest BCUT2D eigenvalue weighted by Gasteiger charge is -2.25. The van der Waals surface area contributed by atoms with E-state index >= 15 is 0 Å². The summed E-state index contributed by atoms with van der Waals surface area (Å²) in [6.45, 7) is 10.3. The van der Waals surface area contributed by atoms with Crippen molar-refractivity contribution in [2.75, 3.05) is 26.2 Å². The lowest BCUT2D eigenvalue weighted by atomic mass is 10.1. The van der Waals surface area contributed by atoms with Gasteiger partial charge in [0.25, 0.3) is 0 Å². The van der Waals surface area contributed by atoms with Gasteiger partial charge >= 0.3 is 0 Å². The van der Waals surface area contributed by atoms with Gasteiger partial charge in [-0.1, -0.05) is 0 Å². The van der Waals surface area contributed by atoms with Gasteiger partial charge in [0.1, 0.15) is 0 Å². The van der Waals surface area contributed by atoms with Gasteiger partial charge in [-0.25, -0.2) is 0 Å². The molecular weight excluding hydrogens is 176 g/mol. The van der Waals surface area contributed by atoms with Gasteiger partial charge in [0.2, 0.25) is 0 Å². The summed E-state index contributed by atoms with van der Waals surface area (Å²) in [5.74, 6) is 0. The molecular formula is C11H24N2O. The first-order valence-corrected chi connectivity index (χ1v) is 5.72. The van der Waals surface area contributed by atoms with Crippen LogP contribution in [0.1, 0.15) is 33.6 Å². The lowest BCUT2D eigenvalue weighted by Crippen LogP contribution is -2.42. The fraction of sp³-hybridized carbons (Fsp3) is 1.00. The maximum absolute atomic E-state index is 5.61. The van der Waals surface area contributed by atoms with Crippen LogP contribution in [0.25, 0.3) is 0 Å². The highest BCUT2D eigenvalue weighted by molar-refractivity contribution is 4.79. The van der Waals surface area contributed by atoms with Crippen molar-refractivity contribution >= 4 is 0 Å². The first-order valence-electron chi connectivity index (χ1n) is 5.72. The monoisotopic (exact) mass is 200 g/mol. The van der Waals surface area contributed by atoms with Crippen LogP contribution in [0, 0.1) is 0 Å². The molecule has 3 heteroatoms. The third-order valence-electron chi connectivity index (χ3n) is 2.64. The summed E-state index contributed by atoms with van der Waals surface area (Å²) in [5, 5.41) is 6.94. The fourth-order valence-electron chi connectivity index (χ4n) is 1.92. The normalized spacial score (nSPS) is 22.9. The molecule has 0 saturated carbocycles. The molecule has 0 amide bonds. The van der Waals surface area contributed by atoms with E-state index in [-0.39, 0.29) is 5.60 Å². The number of hydrogen-bond acceptors (Lipinski definition) is 3. The average molecular weight is 200 g/mol. The van der Waals surface area contributed by atoms with E-state index in [1.165, 1.54) is 19.4 Å². The van der Waals surface area contributed by atoms with E-state index in [0.717, 1.165) is 19.7 Å². The molecule has 0 aliphatic carbocycles. The SMILES string of the molecule is CCOC(C)(C)CNCC1CCCN1. The molecule has 0 bridgehead atoms. The molecule has 0 aromatic heterocycles. The highest BCUT2D eigenvalue weighted by Crippen LogP contribution is 2.08. The van der Waals surface area contributed by atoms with E-state index in [9.17, 15) is 0 Å². The van der Waals surface area contributed by atoms with Crippen LogP contribution in [0.15, 0.2) is 0 Å². The van der Waals surface area contributed by atoms with E-state index in [4.69, 9.17) is 4.74 Å². The number of hydrogen-bond donors (Lipinski definition) is 2. The van der Waals surface area contributed by atoms with E-state index in [1.54, 1.807) is 0 Å². The Balaban J connectivity index is 2.07. The lowest BCUT2D eigenvalue weighted by molar-refractivity contribution is -0.00889. The first-order chi connectivity index (χ1) is 6.64. The van der Waals surface area contributed by atoms with Crippen LogP contribution in [0.3, 0.4) is 0 Å². The van der Waals surface area contributed by atoms with Crippen molar-refractivity contribution < 1.29 is 4.74 Å². The van der Waals surface area contributed by atoms with Crippen molar-refractivity contribution in [2.45, 2.75) is 45.3 Å². The van der Waals surface area contributed by atoms with Crippen LogP contribution in [-0.2, 0) is 4.74 Å². The molecule has 1 fully saturated rings. The maximum Gasteiger partial charge on any atom is 0.0750 e. The molecule has 1 aliphatic heterocycles. The Kier molecular flexibility index (Phi) is 4.85. The molecule has 1 heterocycles. The molecule has 1 atom stereocenters. The van der Waals surface area contributed by atoms with Crippen LogP contribution in [-0.4, -0.2) is 37.9 Å². The third-order valence-corrected chi connectivity index (χ3v) is 2.64. The average Bonchev–Trinajstić information content (AvgIpc) is 2.56. The van der Waals surface area contributed by atoms with Crippen LogP contribution in [0.4, 0.5) is 0 Å². The third kappa shape index (κ3) is 4.40. The van der Waals surface area contributed by atoms with Gasteiger partial charge < -0.3 is 15.4 Å². The highest BCUT2D eigenvalue weighted by Gasteiger charge is 2.18. The Hall–Kier alpha value is -0.120. The molecule has 14 heavy (non-hydrogen) atoms. The summed E-state index contributed by atoms with van der Waals surface area (Å²) < 4.78 is 5.61. The van der Waals surface area contributed by atoms with Gasteiger partial charge in [0, 0.05) is 25.7 Å². The van der Waals surface area contributed by atoms with Crippen molar-refractivity contribution in [3.63, 3.8) is 0 Å². The van der Waals surface area contributed by atoms with Gasteiger partial charge in [0.05, 0.1) is 5.60 Å². The summed E-state index contributed by atoms with van der Waals surface area (Å²) in [7, 11) is 0. The zero-order chi connectivity index (χ0) is 10.4. The number of rotatable bonds is 6. The van der Waals surface area contributed by atoms with Crippen LogP contribution in [0.5, 0.6) is 0 Å². The Labute approximate surface area is 87.6 Å². The number of nitrogens with one attached hydrogen (secondary N) is 2. The fourth-order valence-corrected chi connectivity index (χ4v) is 1.92. The molecule has 0 aromatic carbocycles. The topological polar surface area (TPSA) is 33.3 Å². The predicted molar refractivity (Wildman–Crippen MR) is 59.6 cm³/mol. The molecule has 1 aliphatic rings. The molecule has 0 radical (unpaired) electrons. The molecule has 84 valence electrons. The smallest absolute Gasteiger partial charge is 0.0750 e. The van der Waals surface area contributed by atoms with Crippen LogP contribution >= 0.6 is 0 Å². The summed E-state index contributed by atoms with van der Waals surface area (Å²) in [4.78, 5) is 0. The Morgan fingerprint density at radius 1 is 1.50 bits per heavy atom. The molecule has 3 nitrogen and oxygen atoms in total. The second-order valence-electron chi connectivity index (χ2n) is 4.62. The van der Waals surface area contributed by atoms with E-state index in [0.29, 0.717) is 6.04 Å². The van der Waals surface area contributed by atoms with Crippen molar-refractivity contribution in [1.29, 1.82) is 0 Å². The second-order valence-corrected chi connectivity index (χ2v) is 4.62. The van der Waals surface area contributed by atoms with Crippen molar-refractivity contribution in [3.05, 3.63) is 0 Å². The summed E-state index contributed by atoms with van der Waals surface area (Å²) in [5.41, 5.74) is -0.0344. The standard InChI is InChI=1S/C11H24N2O/c1-4-14-11(2,3)9-12-8-10-6-5-7-13-10/h10,12-13H,4-9H2,1-3H3. The summed E-state index contributed by atoms with van der Waals surface area (Å²) in [6.07, 6.45) is 2.63. The minimum absolute atomic E-state index is 0.0344. The minimum atomic E-state index is -0.0344. The quantitative estimate of drug-likeness (QED) is 0.674. The molecule has 1 saturated heterocycles. The highest BCUT2D eigenvalue weighted by atomic mass is 16.5. The summed E-state index contributed by atoms with van der Waals surface area (Å²) >= 11 is 0. The van der Waals surface area contributed by atoms with Crippen molar-refractivity contribution in [2.24, 2.45) is 0 Å². The summed E-state index contributed by atoms with van der Waals surface area (Å²) in [6, 6.07) is 0.674. The Bertz CT molecular complexity index is 153. The van der Waals surface area contributed by atoms with Crippen LogP contribution < -0.4 is 10.6 Å². The first kappa shape index (κ1) is 12.0. The molecule has 2 N–H and O–H groups in total. The van der Waals surface area contributed by atoms with Crippen molar-refractivity contribution in [1.82, 2.24) is 10.6 Å². The van der Waals surface area contributed by atoms with E-state index in [2.05, 4.69) is 24.5 Å². The van der Waals surface area contributed by atoms with Crippen LogP contribution in [0.2, 0.25) is 0 Å². The van der Waals surface area contributed by atoms with Gasteiger partial charge in [-0.2, -0.15) is 0 Å². The predicted octanol–water partition coefficient (Wildman–Crippen LogP) is 1.14. The second kappa shape index (κ2) is 5.69. The zero-order valence-electron chi connectivity index (χ0n) is 9.73. The molecule has 0 spiro atoms. The van der Waals surface area contributed by atoms with Gasteiger partial charge in [-0.15, -0.1) is 0 Å². The van der Waals surface area contributed by atoms with Crippen molar-refractivity contribution in [3.8, 4) is 0 Å². The number of ether oxygens (including phenoxy) is 1. The van der Waals surface area contributed by atoms with Gasteiger partial charge in [0.15, 0.2) is 0 Å². The zero-order valence-corrected chi connectivity index (χ0v) is 9.73. The molecule has 1 unspecified atom stereocenters.